The lowest BCUT2D eigenvalue weighted by atomic mass is 10.1. The summed E-state index contributed by atoms with van der Waals surface area (Å²) in [7, 11) is 0. The first-order valence-electron chi connectivity index (χ1n) is 10.7. The SMILES string of the molecule is CC/C=C\C/C=C\C/C=C\CCCCCCCC(=O)NC(CCC(N)=O)C(=O)O.N. The predicted octanol–water partition coefficient (Wildman–Crippen LogP) is 4.57. The summed E-state index contributed by atoms with van der Waals surface area (Å²) >= 11 is 0. The van der Waals surface area contributed by atoms with Crippen molar-refractivity contribution < 1.29 is 19.5 Å². The number of carbonyl (C=O) groups is 3. The number of rotatable bonds is 18. The van der Waals surface area contributed by atoms with Crippen LogP contribution in [0.5, 0.6) is 0 Å². The van der Waals surface area contributed by atoms with Gasteiger partial charge >= 0.3 is 5.97 Å². The maximum atomic E-state index is 11.8. The smallest absolute Gasteiger partial charge is 0.326 e. The van der Waals surface area contributed by atoms with Gasteiger partial charge in [0.05, 0.1) is 0 Å². The van der Waals surface area contributed by atoms with E-state index in [0.717, 1.165) is 57.8 Å². The van der Waals surface area contributed by atoms with Gasteiger partial charge in [0.1, 0.15) is 6.04 Å². The zero-order chi connectivity index (χ0) is 21.7. The Hall–Kier alpha value is -2.41. The minimum Gasteiger partial charge on any atom is -0.480 e. The lowest BCUT2D eigenvalue weighted by Gasteiger charge is -2.13. The molecule has 0 fully saturated rings. The summed E-state index contributed by atoms with van der Waals surface area (Å²) in [5.74, 6) is -2.00. The van der Waals surface area contributed by atoms with Gasteiger partial charge in [-0.2, -0.15) is 0 Å². The quantitative estimate of drug-likeness (QED) is 0.188. The van der Waals surface area contributed by atoms with Crippen molar-refractivity contribution in [3.8, 4) is 0 Å². The van der Waals surface area contributed by atoms with Crippen molar-refractivity contribution in [1.82, 2.24) is 11.5 Å². The van der Waals surface area contributed by atoms with Crippen LogP contribution in [0.2, 0.25) is 0 Å². The standard InChI is InChI=1S/C23H38N2O4.H3N/c1-2-3-4-5-6-7-8-9-10-11-12-13-14-15-16-17-22(27)25-20(23(28)29)18-19-21(24)26;/h3-4,6-7,9-10,20H,2,5,8,11-19H2,1H3,(H2,24,26)(H,25,27)(H,28,29);1H3/b4-3-,7-6-,10-9-;. The van der Waals surface area contributed by atoms with Crippen LogP contribution in [-0.4, -0.2) is 28.9 Å². The number of allylic oxidation sites excluding steroid dienone is 6. The molecule has 0 aromatic rings. The summed E-state index contributed by atoms with van der Waals surface area (Å²) in [6, 6.07) is -1.05. The number of hydrogen-bond donors (Lipinski definition) is 4. The first kappa shape index (κ1) is 29.8. The maximum absolute atomic E-state index is 11.8. The van der Waals surface area contributed by atoms with Crippen molar-refractivity contribution in [2.75, 3.05) is 0 Å². The van der Waals surface area contributed by atoms with Gasteiger partial charge in [0, 0.05) is 12.8 Å². The number of aliphatic carboxylic acids is 1. The van der Waals surface area contributed by atoms with Gasteiger partial charge < -0.3 is 22.3 Å². The average molecular weight is 424 g/mol. The Morgan fingerprint density at radius 3 is 2.03 bits per heavy atom. The Bertz CT molecular complexity index is 557. The summed E-state index contributed by atoms with van der Waals surface area (Å²) in [4.78, 5) is 33.7. The molecule has 0 aliphatic carbocycles. The van der Waals surface area contributed by atoms with E-state index in [-0.39, 0.29) is 24.9 Å². The molecule has 172 valence electrons. The molecule has 0 aliphatic heterocycles. The Labute approximate surface area is 181 Å². The second kappa shape index (κ2) is 21.3. The monoisotopic (exact) mass is 423 g/mol. The maximum Gasteiger partial charge on any atom is 0.326 e. The Morgan fingerprint density at radius 1 is 0.867 bits per heavy atom. The molecule has 0 aromatic heterocycles. The van der Waals surface area contributed by atoms with Crippen molar-refractivity contribution in [3.63, 3.8) is 0 Å². The van der Waals surface area contributed by atoms with Crippen LogP contribution >= 0.6 is 0 Å². The molecule has 0 heterocycles. The minimum absolute atomic E-state index is 0. The van der Waals surface area contributed by atoms with E-state index in [9.17, 15) is 14.4 Å². The van der Waals surface area contributed by atoms with E-state index in [1.165, 1.54) is 0 Å². The minimum atomic E-state index is -1.14. The number of primary amides is 1. The molecule has 7 N–H and O–H groups in total. The molecule has 0 bridgehead atoms. The van der Waals surface area contributed by atoms with E-state index in [1.54, 1.807) is 0 Å². The highest BCUT2D eigenvalue weighted by atomic mass is 16.4. The molecule has 0 aliphatic rings. The molecule has 7 nitrogen and oxygen atoms in total. The number of nitrogens with one attached hydrogen (secondary N) is 1. The summed E-state index contributed by atoms with van der Waals surface area (Å²) in [5, 5.41) is 11.5. The summed E-state index contributed by atoms with van der Waals surface area (Å²) in [6.45, 7) is 2.13. The lowest BCUT2D eigenvalue weighted by Crippen LogP contribution is -2.41. The second-order valence-corrected chi connectivity index (χ2v) is 7.06. The van der Waals surface area contributed by atoms with Crippen molar-refractivity contribution in [2.45, 2.75) is 90.0 Å². The second-order valence-electron chi connectivity index (χ2n) is 7.06. The van der Waals surface area contributed by atoms with E-state index in [2.05, 4.69) is 48.7 Å². The van der Waals surface area contributed by atoms with E-state index < -0.39 is 17.9 Å². The number of carboxylic acid groups (broad SMARTS) is 1. The van der Waals surface area contributed by atoms with E-state index >= 15 is 0 Å². The van der Waals surface area contributed by atoms with Crippen LogP contribution in [-0.2, 0) is 14.4 Å². The molecule has 0 spiro atoms. The number of carbonyl (C=O) groups excluding carboxylic acids is 2. The molecule has 0 rings (SSSR count). The molecule has 0 radical (unpaired) electrons. The fraction of sp³-hybridized carbons (Fsp3) is 0.609. The number of amides is 2. The Kier molecular flexibility index (Phi) is 21.2. The van der Waals surface area contributed by atoms with E-state index in [0.29, 0.717) is 6.42 Å². The molecule has 1 unspecified atom stereocenters. The van der Waals surface area contributed by atoms with Gasteiger partial charge in [-0.05, 0) is 44.9 Å². The number of nitrogens with two attached hydrogens (primary N) is 1. The van der Waals surface area contributed by atoms with Gasteiger partial charge in [0.25, 0.3) is 0 Å². The molecule has 2 amide bonds. The molecule has 0 aromatic carbocycles. The van der Waals surface area contributed by atoms with Gasteiger partial charge in [-0.15, -0.1) is 0 Å². The summed E-state index contributed by atoms with van der Waals surface area (Å²) < 4.78 is 0. The number of carboxylic acids is 1. The summed E-state index contributed by atoms with van der Waals surface area (Å²) in [5.41, 5.74) is 5.02. The Morgan fingerprint density at radius 2 is 1.43 bits per heavy atom. The van der Waals surface area contributed by atoms with E-state index in [1.807, 2.05) is 0 Å². The molecular formula is C23H41N3O4. The van der Waals surface area contributed by atoms with Crippen molar-refractivity contribution >= 4 is 17.8 Å². The Balaban J connectivity index is 0. The van der Waals surface area contributed by atoms with Crippen LogP contribution in [0.3, 0.4) is 0 Å². The average Bonchev–Trinajstić information content (AvgIpc) is 2.67. The lowest BCUT2D eigenvalue weighted by molar-refractivity contribution is -0.142. The topological polar surface area (TPSA) is 144 Å². The molecule has 30 heavy (non-hydrogen) atoms. The zero-order valence-electron chi connectivity index (χ0n) is 18.5. The van der Waals surface area contributed by atoms with E-state index in [4.69, 9.17) is 10.8 Å². The molecular weight excluding hydrogens is 382 g/mol. The predicted molar refractivity (Wildman–Crippen MR) is 122 cm³/mol. The fourth-order valence-corrected chi connectivity index (χ4v) is 2.72. The molecule has 0 saturated heterocycles. The van der Waals surface area contributed by atoms with Crippen LogP contribution in [0.4, 0.5) is 0 Å². The van der Waals surface area contributed by atoms with Crippen molar-refractivity contribution in [1.29, 1.82) is 0 Å². The first-order valence-corrected chi connectivity index (χ1v) is 10.7. The third-order valence-corrected chi connectivity index (χ3v) is 4.37. The van der Waals surface area contributed by atoms with Crippen LogP contribution in [0.1, 0.15) is 84.0 Å². The van der Waals surface area contributed by atoms with Crippen molar-refractivity contribution in [3.05, 3.63) is 36.5 Å². The van der Waals surface area contributed by atoms with Gasteiger partial charge in [-0.25, -0.2) is 4.79 Å². The molecule has 1 atom stereocenters. The van der Waals surface area contributed by atoms with Gasteiger partial charge in [0.15, 0.2) is 0 Å². The highest BCUT2D eigenvalue weighted by Gasteiger charge is 2.20. The van der Waals surface area contributed by atoms with Gasteiger partial charge in [-0.1, -0.05) is 62.6 Å². The van der Waals surface area contributed by atoms with Gasteiger partial charge in [0.2, 0.25) is 11.8 Å². The van der Waals surface area contributed by atoms with Crippen molar-refractivity contribution in [2.24, 2.45) is 5.73 Å². The van der Waals surface area contributed by atoms with Crippen LogP contribution in [0.25, 0.3) is 0 Å². The third kappa shape index (κ3) is 20.3. The van der Waals surface area contributed by atoms with Gasteiger partial charge in [-0.3, -0.25) is 9.59 Å². The van der Waals surface area contributed by atoms with Crippen LogP contribution in [0.15, 0.2) is 36.5 Å². The fourth-order valence-electron chi connectivity index (χ4n) is 2.72. The molecule has 0 saturated carbocycles. The molecule has 7 heteroatoms. The third-order valence-electron chi connectivity index (χ3n) is 4.37. The van der Waals surface area contributed by atoms with Crippen LogP contribution in [0, 0.1) is 0 Å². The summed E-state index contributed by atoms with van der Waals surface area (Å²) in [6.07, 6.45) is 22.6. The highest BCUT2D eigenvalue weighted by molar-refractivity contribution is 5.84. The number of unbranched alkanes of at least 4 members (excludes halogenated alkanes) is 5. The highest BCUT2D eigenvalue weighted by Crippen LogP contribution is 2.08. The van der Waals surface area contributed by atoms with Crippen LogP contribution < -0.4 is 17.2 Å². The largest absolute Gasteiger partial charge is 0.480 e. The first-order chi connectivity index (χ1) is 14.0. The zero-order valence-corrected chi connectivity index (χ0v) is 18.5. The number of hydrogen-bond acceptors (Lipinski definition) is 4. The normalized spacial score (nSPS) is 12.3.